The maximum Gasteiger partial charge on any atom is 0.462 e. The topological polar surface area (TPSA) is 23.4 Å². The van der Waals surface area contributed by atoms with E-state index in [9.17, 15) is 0 Å². The zero-order valence-electron chi connectivity index (χ0n) is 19.6. The molecule has 2 heterocycles. The van der Waals surface area contributed by atoms with Crippen LogP contribution in [0, 0.1) is 0 Å². The van der Waals surface area contributed by atoms with Gasteiger partial charge in [-0.15, -0.1) is 0 Å². The van der Waals surface area contributed by atoms with Crippen LogP contribution in [0.25, 0.3) is 38.3 Å². The molecule has 4 heteroatoms. The maximum atomic E-state index is 6.27. The molecule has 0 unspecified atom stereocenters. The van der Waals surface area contributed by atoms with Crippen LogP contribution in [-0.4, -0.2) is 22.9 Å². The van der Waals surface area contributed by atoms with Crippen LogP contribution in [0.1, 0.15) is 33.3 Å². The Hall–Kier alpha value is -3.08. The van der Waals surface area contributed by atoms with Crippen LogP contribution >= 0.6 is 0 Å². The second-order valence-corrected chi connectivity index (χ2v) is 10.1. The average Bonchev–Trinajstić information content (AvgIpc) is 3.22. The minimum Gasteiger partial charge on any atom is -0.403 e. The van der Waals surface area contributed by atoms with Crippen molar-refractivity contribution in [3.8, 4) is 5.69 Å². The summed E-state index contributed by atoms with van der Waals surface area (Å²) in [7, 11) is -0.244. The molecule has 0 N–H and O–H groups in total. The van der Waals surface area contributed by atoms with Gasteiger partial charge in [-0.2, -0.15) is 0 Å². The molecule has 6 rings (SSSR count). The van der Waals surface area contributed by atoms with Crippen LogP contribution in [0.2, 0.25) is 0 Å². The van der Waals surface area contributed by atoms with Gasteiger partial charge in [0.2, 0.25) is 0 Å². The van der Waals surface area contributed by atoms with E-state index < -0.39 is 0 Å². The Morgan fingerprint density at radius 3 is 2.12 bits per heavy atom. The molecule has 1 aliphatic heterocycles. The first-order valence-corrected chi connectivity index (χ1v) is 11.7. The average molecular weight is 433 g/mol. The highest BCUT2D eigenvalue weighted by Gasteiger charge is 2.50. The van der Waals surface area contributed by atoms with Crippen molar-refractivity contribution in [1.82, 2.24) is 4.57 Å². The highest BCUT2D eigenvalue weighted by atomic mass is 16.7. The van der Waals surface area contributed by atoms with Crippen molar-refractivity contribution >= 4 is 39.7 Å². The molecule has 1 aliphatic rings. The number of hydrogen-bond donors (Lipinski definition) is 0. The van der Waals surface area contributed by atoms with Gasteiger partial charge in [0.25, 0.3) is 0 Å². The highest BCUT2D eigenvalue weighted by Crippen LogP contribution is 2.38. The van der Waals surface area contributed by atoms with Crippen molar-refractivity contribution < 1.29 is 9.31 Å². The summed E-state index contributed by atoms with van der Waals surface area (Å²) in [6.07, 6.45) is 0.724. The van der Waals surface area contributed by atoms with E-state index in [4.69, 9.17) is 9.31 Å². The second kappa shape index (κ2) is 7.21. The third-order valence-electron chi connectivity index (χ3n) is 7.43. The van der Waals surface area contributed by atoms with Crippen LogP contribution in [0.4, 0.5) is 0 Å². The predicted octanol–water partition coefficient (Wildman–Crippen LogP) is 7.11. The molecule has 4 aromatic carbocycles. The Labute approximate surface area is 195 Å². The van der Waals surface area contributed by atoms with Crippen molar-refractivity contribution in [1.29, 1.82) is 0 Å². The van der Waals surface area contributed by atoms with Crippen molar-refractivity contribution in [2.45, 2.75) is 45.2 Å². The number of fused-ring (bicyclic) bond motifs is 4. The molecule has 0 radical (unpaired) electrons. The Morgan fingerprint density at radius 1 is 0.667 bits per heavy atom. The van der Waals surface area contributed by atoms with Crippen molar-refractivity contribution in [3.05, 3.63) is 90.5 Å². The quantitative estimate of drug-likeness (QED) is 0.283. The molecular weight excluding hydrogens is 405 g/mol. The summed E-state index contributed by atoms with van der Waals surface area (Å²) in [6.45, 7) is 8.42. The first kappa shape index (κ1) is 20.5. The smallest absolute Gasteiger partial charge is 0.403 e. The fourth-order valence-electron chi connectivity index (χ4n) is 4.98. The molecule has 1 fully saturated rings. The molecule has 0 saturated carbocycles. The van der Waals surface area contributed by atoms with Gasteiger partial charge in [0.15, 0.2) is 0 Å². The van der Waals surface area contributed by atoms with Gasteiger partial charge in [0.1, 0.15) is 0 Å². The summed E-state index contributed by atoms with van der Waals surface area (Å²) in [6, 6.07) is 30.6. The van der Waals surface area contributed by atoms with E-state index in [2.05, 4.69) is 117 Å². The standard InChI is InChI=1S/C29H28BNO2/c1-28(2)29(3,4)33-30(32-28)19-20-13-16-25-24-11-7-8-12-26(24)31(27(25)17-20)23-15-14-21-9-5-6-10-22(21)18-23/h5-18H,19H2,1-4H3. The zero-order chi connectivity index (χ0) is 22.8. The molecular formula is C29H28BNO2. The molecule has 33 heavy (non-hydrogen) atoms. The van der Waals surface area contributed by atoms with Crippen molar-refractivity contribution in [2.24, 2.45) is 0 Å². The lowest BCUT2D eigenvalue weighted by Gasteiger charge is -2.32. The van der Waals surface area contributed by atoms with E-state index in [-0.39, 0.29) is 18.3 Å². The lowest BCUT2D eigenvalue weighted by atomic mass is 9.80. The third kappa shape index (κ3) is 3.28. The first-order chi connectivity index (χ1) is 15.8. The number of rotatable bonds is 3. The zero-order valence-corrected chi connectivity index (χ0v) is 19.6. The first-order valence-electron chi connectivity index (χ1n) is 11.7. The number of benzene rings is 4. The Bertz CT molecular complexity index is 1500. The Morgan fingerprint density at radius 2 is 1.33 bits per heavy atom. The van der Waals surface area contributed by atoms with E-state index in [0.717, 1.165) is 6.32 Å². The van der Waals surface area contributed by atoms with Gasteiger partial charge in [0, 0.05) is 22.8 Å². The summed E-state index contributed by atoms with van der Waals surface area (Å²) in [5.74, 6) is 0. The van der Waals surface area contributed by atoms with E-state index in [1.54, 1.807) is 0 Å². The van der Waals surface area contributed by atoms with Crippen molar-refractivity contribution in [3.63, 3.8) is 0 Å². The van der Waals surface area contributed by atoms with Crippen LogP contribution in [0.5, 0.6) is 0 Å². The van der Waals surface area contributed by atoms with Gasteiger partial charge in [-0.1, -0.05) is 60.7 Å². The number of nitrogens with zero attached hydrogens (tertiary/aromatic N) is 1. The van der Waals surface area contributed by atoms with Gasteiger partial charge in [0.05, 0.1) is 22.2 Å². The lowest BCUT2D eigenvalue weighted by Crippen LogP contribution is -2.41. The van der Waals surface area contributed by atoms with Crippen LogP contribution < -0.4 is 0 Å². The summed E-state index contributed by atoms with van der Waals surface area (Å²) < 4.78 is 14.9. The van der Waals surface area contributed by atoms with E-state index in [1.165, 1.54) is 43.8 Å². The van der Waals surface area contributed by atoms with E-state index in [0.29, 0.717) is 0 Å². The maximum absolute atomic E-state index is 6.27. The second-order valence-electron chi connectivity index (χ2n) is 10.1. The minimum atomic E-state index is -0.318. The molecule has 164 valence electrons. The molecule has 0 aliphatic carbocycles. The molecule has 0 amide bonds. The van der Waals surface area contributed by atoms with Gasteiger partial charge in [-0.05, 0) is 68.3 Å². The van der Waals surface area contributed by atoms with Gasteiger partial charge in [-0.25, -0.2) is 0 Å². The fraction of sp³-hybridized carbons (Fsp3) is 0.241. The Kier molecular flexibility index (Phi) is 4.49. The molecule has 5 aromatic rings. The highest BCUT2D eigenvalue weighted by molar-refractivity contribution is 6.45. The number of para-hydroxylation sites is 1. The number of aromatic nitrogens is 1. The van der Waals surface area contributed by atoms with Crippen LogP contribution in [0.15, 0.2) is 84.9 Å². The molecule has 1 saturated heterocycles. The largest absolute Gasteiger partial charge is 0.462 e. The number of hydrogen-bond acceptors (Lipinski definition) is 2. The monoisotopic (exact) mass is 433 g/mol. The van der Waals surface area contributed by atoms with Gasteiger partial charge < -0.3 is 13.9 Å². The van der Waals surface area contributed by atoms with Crippen LogP contribution in [-0.2, 0) is 15.6 Å². The summed E-state index contributed by atoms with van der Waals surface area (Å²) in [5.41, 5.74) is 4.18. The molecule has 0 spiro atoms. The predicted molar refractivity (Wildman–Crippen MR) is 138 cm³/mol. The van der Waals surface area contributed by atoms with Crippen molar-refractivity contribution in [2.75, 3.05) is 0 Å². The molecule has 0 bridgehead atoms. The molecule has 0 atom stereocenters. The lowest BCUT2D eigenvalue weighted by molar-refractivity contribution is 0.00578. The summed E-state index contributed by atoms with van der Waals surface area (Å²) in [5, 5.41) is 5.03. The summed E-state index contributed by atoms with van der Waals surface area (Å²) >= 11 is 0. The molecule has 3 nitrogen and oxygen atoms in total. The Balaban J connectivity index is 1.49. The fourth-order valence-corrected chi connectivity index (χ4v) is 4.98. The normalized spacial score (nSPS) is 17.4. The van der Waals surface area contributed by atoms with E-state index in [1.807, 2.05) is 0 Å². The molecule has 1 aromatic heterocycles. The van der Waals surface area contributed by atoms with Gasteiger partial charge in [-0.3, -0.25) is 0 Å². The van der Waals surface area contributed by atoms with Gasteiger partial charge >= 0.3 is 7.12 Å². The SMILES string of the molecule is CC1(C)OB(Cc2ccc3c4ccccc4n(-c4ccc5ccccc5c4)c3c2)OC1(C)C. The summed E-state index contributed by atoms with van der Waals surface area (Å²) in [4.78, 5) is 0. The minimum absolute atomic E-state index is 0.244. The third-order valence-corrected chi connectivity index (χ3v) is 7.43. The van der Waals surface area contributed by atoms with Crippen LogP contribution in [0.3, 0.4) is 0 Å². The van der Waals surface area contributed by atoms with E-state index >= 15 is 0 Å².